The van der Waals surface area contributed by atoms with Crippen LogP contribution in [0.4, 0.5) is 0 Å². The highest BCUT2D eigenvalue weighted by atomic mass is 16.4. The molecule has 0 aliphatic carbocycles. The zero-order valence-electron chi connectivity index (χ0n) is 16.7. The highest BCUT2D eigenvalue weighted by Crippen LogP contribution is 2.32. The lowest BCUT2D eigenvalue weighted by Gasteiger charge is -2.33. The summed E-state index contributed by atoms with van der Waals surface area (Å²) in [7, 11) is 0. The molecule has 152 valence electrons. The number of amides is 1. The van der Waals surface area contributed by atoms with Crippen molar-refractivity contribution in [3.63, 3.8) is 0 Å². The molecule has 4 rings (SSSR count). The van der Waals surface area contributed by atoms with Crippen molar-refractivity contribution in [3.8, 4) is 0 Å². The van der Waals surface area contributed by atoms with Crippen LogP contribution in [0.2, 0.25) is 0 Å². The third kappa shape index (κ3) is 3.10. The monoisotopic (exact) mass is 397 g/mol. The van der Waals surface area contributed by atoms with E-state index in [0.717, 1.165) is 34.7 Å². The van der Waals surface area contributed by atoms with Gasteiger partial charge in [0.2, 0.25) is 5.91 Å². The zero-order valence-corrected chi connectivity index (χ0v) is 16.7. The first-order valence-electron chi connectivity index (χ1n) is 9.75. The molecule has 1 saturated heterocycles. The van der Waals surface area contributed by atoms with Gasteiger partial charge in [-0.3, -0.25) is 4.79 Å². The smallest absolute Gasteiger partial charge is 0.340 e. The van der Waals surface area contributed by atoms with Crippen LogP contribution in [-0.4, -0.2) is 34.5 Å². The van der Waals surface area contributed by atoms with Gasteiger partial charge in [0, 0.05) is 22.9 Å². The number of carbonyl (C=O) groups is 2. The van der Waals surface area contributed by atoms with Crippen LogP contribution in [0.1, 0.15) is 41.5 Å². The molecule has 7 heteroatoms. The maximum absolute atomic E-state index is 12.9. The van der Waals surface area contributed by atoms with Crippen molar-refractivity contribution in [3.05, 3.63) is 45.0 Å². The molecule has 7 nitrogen and oxygen atoms in total. The Bertz CT molecular complexity index is 1200. The van der Waals surface area contributed by atoms with Crippen LogP contribution in [-0.2, 0) is 16.0 Å². The second kappa shape index (κ2) is 7.06. The third-order valence-electron chi connectivity index (χ3n) is 5.97. The van der Waals surface area contributed by atoms with E-state index in [-0.39, 0.29) is 17.9 Å². The third-order valence-corrected chi connectivity index (χ3v) is 5.97. The van der Waals surface area contributed by atoms with Crippen molar-refractivity contribution >= 4 is 33.8 Å². The normalized spacial score (nSPS) is 17.2. The van der Waals surface area contributed by atoms with Crippen LogP contribution in [0, 0.1) is 20.8 Å². The van der Waals surface area contributed by atoms with Gasteiger partial charge >= 0.3 is 11.6 Å². The number of benzene rings is 1. The van der Waals surface area contributed by atoms with E-state index < -0.39 is 17.6 Å². The molecule has 0 radical (unpaired) electrons. The summed E-state index contributed by atoms with van der Waals surface area (Å²) in [5.41, 5.74) is 3.23. The number of nitrogens with zero attached hydrogens (tertiary/aromatic N) is 1. The van der Waals surface area contributed by atoms with E-state index in [1.807, 2.05) is 19.9 Å². The first-order chi connectivity index (χ1) is 13.8. The summed E-state index contributed by atoms with van der Waals surface area (Å²) in [5.74, 6) is -1.36. The molecule has 1 fully saturated rings. The summed E-state index contributed by atoms with van der Waals surface area (Å²) >= 11 is 0. The van der Waals surface area contributed by atoms with Crippen molar-refractivity contribution in [1.29, 1.82) is 0 Å². The molecular formula is C22H23NO6. The van der Waals surface area contributed by atoms with Gasteiger partial charge < -0.3 is 18.8 Å². The molecule has 1 atom stereocenters. The maximum atomic E-state index is 12.9. The summed E-state index contributed by atoms with van der Waals surface area (Å²) in [6, 6.07) is 1.09. The Labute approximate surface area is 166 Å². The van der Waals surface area contributed by atoms with Crippen LogP contribution in [0.3, 0.4) is 0 Å². The molecule has 29 heavy (non-hydrogen) atoms. The molecule has 1 N–H and O–H groups in total. The van der Waals surface area contributed by atoms with Gasteiger partial charge in [-0.25, -0.2) is 9.59 Å². The van der Waals surface area contributed by atoms with Gasteiger partial charge in [0.05, 0.1) is 18.2 Å². The lowest BCUT2D eigenvalue weighted by atomic mass is 9.97. The second-order valence-electron chi connectivity index (χ2n) is 7.78. The standard InChI is InChI=1S/C22H23NO6/c1-11-10-28-19-13(3)20-15(8-14(11)19)12(2)16(22(27)29-20)9-18(24)23-7-5-4-6-17(23)21(25)26/h8,10,17H,4-7,9H2,1-3H3,(H,25,26). The van der Waals surface area contributed by atoms with Gasteiger partial charge in [-0.1, -0.05) is 0 Å². The van der Waals surface area contributed by atoms with Gasteiger partial charge in [-0.05, 0) is 57.2 Å². The number of carboxylic acids is 1. The number of rotatable bonds is 3. The summed E-state index contributed by atoms with van der Waals surface area (Å²) < 4.78 is 11.2. The average molecular weight is 397 g/mol. The Hall–Kier alpha value is -3.09. The molecule has 1 aliphatic rings. The largest absolute Gasteiger partial charge is 0.480 e. The van der Waals surface area contributed by atoms with Crippen molar-refractivity contribution in [2.75, 3.05) is 6.54 Å². The molecule has 3 heterocycles. The van der Waals surface area contributed by atoms with Crippen molar-refractivity contribution in [1.82, 2.24) is 4.90 Å². The van der Waals surface area contributed by atoms with E-state index in [9.17, 15) is 19.5 Å². The van der Waals surface area contributed by atoms with Gasteiger partial charge in [0.25, 0.3) is 0 Å². The lowest BCUT2D eigenvalue weighted by molar-refractivity contribution is -0.151. The quantitative estimate of drug-likeness (QED) is 0.679. The Morgan fingerprint density at radius 2 is 1.90 bits per heavy atom. The lowest BCUT2D eigenvalue weighted by Crippen LogP contribution is -2.48. The molecule has 3 aromatic rings. The summed E-state index contributed by atoms with van der Waals surface area (Å²) in [6.45, 7) is 5.97. The van der Waals surface area contributed by atoms with Gasteiger partial charge in [0.1, 0.15) is 17.2 Å². The molecule has 1 unspecified atom stereocenters. The highest BCUT2D eigenvalue weighted by molar-refractivity contribution is 6.00. The van der Waals surface area contributed by atoms with E-state index in [0.29, 0.717) is 29.7 Å². The van der Waals surface area contributed by atoms with Gasteiger partial charge in [0.15, 0.2) is 0 Å². The van der Waals surface area contributed by atoms with Gasteiger partial charge in [-0.15, -0.1) is 0 Å². The molecular weight excluding hydrogens is 374 g/mol. The SMILES string of the molecule is Cc1coc2c(C)c3oc(=O)c(CC(=O)N4CCCCC4C(=O)O)c(C)c3cc12. The number of carboxylic acid groups (broad SMARTS) is 1. The number of aliphatic carboxylic acids is 1. The van der Waals surface area contributed by atoms with Crippen LogP contribution >= 0.6 is 0 Å². The fourth-order valence-corrected chi connectivity index (χ4v) is 4.26. The number of hydrogen-bond acceptors (Lipinski definition) is 5. The van der Waals surface area contributed by atoms with E-state index in [4.69, 9.17) is 8.83 Å². The van der Waals surface area contributed by atoms with Crippen LogP contribution in [0.15, 0.2) is 26.0 Å². The fraction of sp³-hybridized carbons (Fsp3) is 0.409. The number of piperidine rings is 1. The predicted molar refractivity (Wildman–Crippen MR) is 107 cm³/mol. The Morgan fingerprint density at radius 1 is 1.14 bits per heavy atom. The van der Waals surface area contributed by atoms with Crippen molar-refractivity contribution in [2.24, 2.45) is 0 Å². The first kappa shape index (κ1) is 19.2. The molecule has 0 bridgehead atoms. The topological polar surface area (TPSA) is 101 Å². The van der Waals surface area contributed by atoms with E-state index >= 15 is 0 Å². The van der Waals surface area contributed by atoms with Crippen molar-refractivity contribution in [2.45, 2.75) is 52.5 Å². The fourth-order valence-electron chi connectivity index (χ4n) is 4.26. The highest BCUT2D eigenvalue weighted by Gasteiger charge is 2.32. The number of aryl methyl sites for hydroxylation is 3. The maximum Gasteiger partial charge on any atom is 0.340 e. The number of fused-ring (bicyclic) bond motifs is 2. The summed E-state index contributed by atoms with van der Waals surface area (Å²) in [4.78, 5) is 38.5. The molecule has 1 amide bonds. The Kier molecular flexibility index (Phi) is 4.68. The molecule has 1 aromatic carbocycles. The number of furan rings is 1. The summed E-state index contributed by atoms with van der Waals surface area (Å²) in [5, 5.41) is 11.1. The average Bonchev–Trinajstić information content (AvgIpc) is 3.07. The Balaban J connectivity index is 1.79. The van der Waals surface area contributed by atoms with Crippen molar-refractivity contribution < 1.29 is 23.5 Å². The zero-order chi connectivity index (χ0) is 20.9. The number of hydrogen-bond donors (Lipinski definition) is 1. The molecule has 0 saturated carbocycles. The predicted octanol–water partition coefficient (Wildman–Crippen LogP) is 3.47. The van der Waals surface area contributed by atoms with E-state index in [2.05, 4.69) is 0 Å². The minimum atomic E-state index is -1.01. The minimum Gasteiger partial charge on any atom is -0.480 e. The van der Waals surface area contributed by atoms with E-state index in [1.54, 1.807) is 13.2 Å². The Morgan fingerprint density at radius 3 is 2.62 bits per heavy atom. The molecule has 2 aromatic heterocycles. The summed E-state index contributed by atoms with van der Waals surface area (Å²) in [6.07, 6.45) is 3.46. The van der Waals surface area contributed by atoms with Gasteiger partial charge in [-0.2, -0.15) is 0 Å². The first-order valence-corrected chi connectivity index (χ1v) is 9.75. The second-order valence-corrected chi connectivity index (χ2v) is 7.78. The van der Waals surface area contributed by atoms with Crippen LogP contribution in [0.5, 0.6) is 0 Å². The molecule has 0 spiro atoms. The van der Waals surface area contributed by atoms with Crippen LogP contribution < -0.4 is 5.63 Å². The molecule has 1 aliphatic heterocycles. The minimum absolute atomic E-state index is 0.171. The van der Waals surface area contributed by atoms with E-state index in [1.165, 1.54) is 4.90 Å². The van der Waals surface area contributed by atoms with Crippen LogP contribution in [0.25, 0.3) is 21.9 Å². The number of likely N-dealkylation sites (tertiary alicyclic amines) is 1. The number of carbonyl (C=O) groups excluding carboxylic acids is 1.